The molecule has 2 aromatic heterocycles. The maximum absolute atomic E-state index is 12.9. The van der Waals surface area contributed by atoms with Crippen molar-refractivity contribution in [2.75, 3.05) is 0 Å². The third-order valence-corrected chi connectivity index (χ3v) is 3.79. The SMILES string of the molecule is Cc1nc(CCn2cc(-c3ccc(F)cc3)nn2)c([N+](=O)[O-])n1C. The lowest BCUT2D eigenvalue weighted by Gasteiger charge is -2.00. The van der Waals surface area contributed by atoms with Crippen LogP contribution in [0.5, 0.6) is 0 Å². The number of hydrogen-bond donors (Lipinski definition) is 0. The van der Waals surface area contributed by atoms with E-state index in [9.17, 15) is 14.5 Å². The Bertz CT molecular complexity index is 884. The van der Waals surface area contributed by atoms with E-state index in [1.807, 2.05) is 0 Å². The Hall–Kier alpha value is -3.10. The number of aryl methyl sites for hydroxylation is 3. The number of rotatable bonds is 5. The normalized spacial score (nSPS) is 11.0. The highest BCUT2D eigenvalue weighted by Gasteiger charge is 2.22. The first kappa shape index (κ1) is 15.8. The largest absolute Gasteiger partial charge is 0.358 e. The lowest BCUT2D eigenvalue weighted by Crippen LogP contribution is -2.05. The van der Waals surface area contributed by atoms with Crippen molar-refractivity contribution in [2.24, 2.45) is 7.05 Å². The van der Waals surface area contributed by atoms with Crippen LogP contribution in [0.4, 0.5) is 10.2 Å². The third-order valence-electron chi connectivity index (χ3n) is 3.79. The van der Waals surface area contributed by atoms with Crippen LogP contribution in [0.2, 0.25) is 0 Å². The van der Waals surface area contributed by atoms with E-state index < -0.39 is 4.92 Å². The van der Waals surface area contributed by atoms with Crippen LogP contribution in [0.25, 0.3) is 11.3 Å². The van der Waals surface area contributed by atoms with Gasteiger partial charge in [0.05, 0.1) is 13.2 Å². The van der Waals surface area contributed by atoms with Crippen LogP contribution in [0, 0.1) is 22.9 Å². The second-order valence-electron chi connectivity index (χ2n) is 5.37. The molecule has 2 heterocycles. The Balaban J connectivity index is 1.76. The van der Waals surface area contributed by atoms with Gasteiger partial charge in [0, 0.05) is 25.5 Å². The number of benzene rings is 1. The number of nitrogens with zero attached hydrogens (tertiary/aromatic N) is 6. The smallest absolute Gasteiger partial charge is 0.345 e. The molecule has 0 N–H and O–H groups in total. The van der Waals surface area contributed by atoms with E-state index in [2.05, 4.69) is 15.3 Å². The summed E-state index contributed by atoms with van der Waals surface area (Å²) in [7, 11) is 1.62. The molecule has 3 rings (SSSR count). The molecule has 3 aromatic rings. The molecule has 0 aliphatic carbocycles. The van der Waals surface area contributed by atoms with Crippen molar-refractivity contribution in [3.63, 3.8) is 0 Å². The molecule has 0 aliphatic heterocycles. The fraction of sp³-hybridized carbons (Fsp3) is 0.267. The molecule has 9 heteroatoms. The molecule has 0 spiro atoms. The van der Waals surface area contributed by atoms with Gasteiger partial charge in [-0.3, -0.25) is 4.68 Å². The average Bonchev–Trinajstić information content (AvgIpc) is 3.11. The van der Waals surface area contributed by atoms with Crippen molar-refractivity contribution in [2.45, 2.75) is 19.9 Å². The minimum absolute atomic E-state index is 0.00799. The standard InChI is InChI=1S/C15H15FN6O2/c1-10-17-13(15(20(10)2)22(23)24)7-8-21-9-14(18-19-21)11-3-5-12(16)6-4-11/h3-6,9H,7-8H2,1-2H3. The van der Waals surface area contributed by atoms with E-state index in [0.717, 1.165) is 5.56 Å². The van der Waals surface area contributed by atoms with Crippen molar-refractivity contribution < 1.29 is 9.31 Å². The molecule has 0 atom stereocenters. The topological polar surface area (TPSA) is 91.7 Å². The molecule has 0 fully saturated rings. The molecule has 24 heavy (non-hydrogen) atoms. The molecular weight excluding hydrogens is 315 g/mol. The van der Waals surface area contributed by atoms with Crippen LogP contribution in [0.1, 0.15) is 11.5 Å². The summed E-state index contributed by atoms with van der Waals surface area (Å²) < 4.78 is 16.0. The fourth-order valence-corrected chi connectivity index (χ4v) is 2.44. The van der Waals surface area contributed by atoms with Gasteiger partial charge in [-0.05, 0) is 29.2 Å². The first-order chi connectivity index (χ1) is 11.5. The van der Waals surface area contributed by atoms with Crippen molar-refractivity contribution in [1.82, 2.24) is 24.5 Å². The van der Waals surface area contributed by atoms with Crippen LogP contribution in [-0.4, -0.2) is 29.5 Å². The van der Waals surface area contributed by atoms with Crippen molar-refractivity contribution in [3.8, 4) is 11.3 Å². The zero-order chi connectivity index (χ0) is 17.3. The first-order valence-electron chi connectivity index (χ1n) is 7.28. The van der Waals surface area contributed by atoms with Gasteiger partial charge in [0.2, 0.25) is 0 Å². The number of halogens is 1. The summed E-state index contributed by atoms with van der Waals surface area (Å²) >= 11 is 0. The molecule has 1 aromatic carbocycles. The molecule has 0 bridgehead atoms. The van der Waals surface area contributed by atoms with E-state index in [-0.39, 0.29) is 11.6 Å². The molecule has 0 amide bonds. The predicted octanol–water partition coefficient (Wildman–Crippen LogP) is 2.28. The van der Waals surface area contributed by atoms with Crippen LogP contribution in [0.3, 0.4) is 0 Å². The molecule has 0 saturated carbocycles. The van der Waals surface area contributed by atoms with Gasteiger partial charge in [0.15, 0.2) is 5.82 Å². The minimum atomic E-state index is -0.430. The molecule has 0 saturated heterocycles. The minimum Gasteiger partial charge on any atom is -0.358 e. The quantitative estimate of drug-likeness (QED) is 0.528. The van der Waals surface area contributed by atoms with E-state index in [0.29, 0.717) is 30.2 Å². The summed E-state index contributed by atoms with van der Waals surface area (Å²) in [6, 6.07) is 5.95. The first-order valence-corrected chi connectivity index (χ1v) is 7.28. The predicted molar refractivity (Wildman–Crippen MR) is 83.7 cm³/mol. The second kappa shape index (κ2) is 6.19. The Labute approximate surface area is 136 Å². The van der Waals surface area contributed by atoms with E-state index in [1.54, 1.807) is 37.0 Å². The summed E-state index contributed by atoms with van der Waals surface area (Å²) in [6.45, 7) is 2.13. The van der Waals surface area contributed by atoms with Crippen LogP contribution in [0.15, 0.2) is 30.5 Å². The third kappa shape index (κ3) is 3.00. The molecule has 0 aliphatic rings. The van der Waals surface area contributed by atoms with Gasteiger partial charge < -0.3 is 10.1 Å². The zero-order valence-corrected chi connectivity index (χ0v) is 13.2. The summed E-state index contributed by atoms with van der Waals surface area (Å²) in [5.74, 6) is 0.262. The number of nitro groups is 1. The molecule has 8 nitrogen and oxygen atoms in total. The number of aromatic nitrogens is 5. The summed E-state index contributed by atoms with van der Waals surface area (Å²) in [6.07, 6.45) is 2.08. The summed E-state index contributed by atoms with van der Waals surface area (Å²) in [4.78, 5) is 15.0. The summed E-state index contributed by atoms with van der Waals surface area (Å²) in [5.41, 5.74) is 1.78. The van der Waals surface area contributed by atoms with Gasteiger partial charge in [-0.15, -0.1) is 5.10 Å². The van der Waals surface area contributed by atoms with E-state index >= 15 is 0 Å². The lowest BCUT2D eigenvalue weighted by molar-refractivity contribution is -0.392. The monoisotopic (exact) mass is 330 g/mol. The van der Waals surface area contributed by atoms with Gasteiger partial charge >= 0.3 is 5.82 Å². The Kier molecular flexibility index (Phi) is 4.07. The summed E-state index contributed by atoms with van der Waals surface area (Å²) in [5, 5.41) is 19.2. The van der Waals surface area contributed by atoms with E-state index in [1.165, 1.54) is 16.7 Å². The zero-order valence-electron chi connectivity index (χ0n) is 13.2. The second-order valence-corrected chi connectivity index (χ2v) is 5.37. The maximum atomic E-state index is 12.9. The highest BCUT2D eigenvalue weighted by atomic mass is 19.1. The van der Waals surface area contributed by atoms with Gasteiger partial charge in [-0.2, -0.15) is 0 Å². The fourth-order valence-electron chi connectivity index (χ4n) is 2.44. The molecule has 0 radical (unpaired) electrons. The Morgan fingerprint density at radius 1 is 1.29 bits per heavy atom. The van der Waals surface area contributed by atoms with E-state index in [4.69, 9.17) is 0 Å². The van der Waals surface area contributed by atoms with Crippen molar-refractivity contribution in [1.29, 1.82) is 0 Å². The van der Waals surface area contributed by atoms with Gasteiger partial charge in [-0.25, -0.2) is 13.9 Å². The highest BCUT2D eigenvalue weighted by Crippen LogP contribution is 2.20. The highest BCUT2D eigenvalue weighted by molar-refractivity contribution is 5.57. The molecule has 124 valence electrons. The Morgan fingerprint density at radius 2 is 2.00 bits per heavy atom. The van der Waals surface area contributed by atoms with Crippen LogP contribution >= 0.6 is 0 Å². The molecule has 0 unspecified atom stereocenters. The van der Waals surface area contributed by atoms with Gasteiger partial charge in [0.25, 0.3) is 0 Å². The van der Waals surface area contributed by atoms with Crippen molar-refractivity contribution in [3.05, 3.63) is 57.9 Å². The van der Waals surface area contributed by atoms with Gasteiger partial charge in [0.1, 0.15) is 17.2 Å². The number of imidazole rings is 1. The number of hydrogen-bond acceptors (Lipinski definition) is 5. The van der Waals surface area contributed by atoms with Crippen LogP contribution < -0.4 is 0 Å². The lowest BCUT2D eigenvalue weighted by atomic mass is 10.2. The van der Waals surface area contributed by atoms with Crippen LogP contribution in [-0.2, 0) is 20.0 Å². The maximum Gasteiger partial charge on any atom is 0.345 e. The van der Waals surface area contributed by atoms with Gasteiger partial charge in [-0.1, -0.05) is 5.21 Å². The van der Waals surface area contributed by atoms with Crippen molar-refractivity contribution >= 4 is 5.82 Å². The molecular formula is C15H15FN6O2. The Morgan fingerprint density at radius 3 is 2.67 bits per heavy atom. The average molecular weight is 330 g/mol.